The second kappa shape index (κ2) is 3.83. The van der Waals surface area contributed by atoms with Crippen LogP contribution in [-0.2, 0) is 0 Å². The lowest BCUT2D eigenvalue weighted by atomic mass is 10.3. The third kappa shape index (κ3) is 2.14. The molecule has 1 aromatic heterocycles. The maximum atomic E-state index is 11.5. The van der Waals surface area contributed by atoms with Gasteiger partial charge in [-0.2, -0.15) is 5.10 Å². The van der Waals surface area contributed by atoms with Crippen LogP contribution in [0, 0.1) is 0 Å². The first-order chi connectivity index (χ1) is 7.25. The average molecular weight is 203 g/mol. The Bertz CT molecular complexity index is 448. The van der Waals surface area contributed by atoms with Gasteiger partial charge >= 0.3 is 0 Å². The van der Waals surface area contributed by atoms with Crippen LogP contribution in [0.15, 0.2) is 36.5 Å². The standard InChI is InChI=1S/C10H9N3O2/c14-8-3-1-7(2-4-8)12-10(15)9-5-6-11-13-9/h1-6,14H,(H,11,13)(H,12,15). The van der Waals surface area contributed by atoms with E-state index in [1.807, 2.05) is 0 Å². The van der Waals surface area contributed by atoms with Gasteiger partial charge in [-0.3, -0.25) is 9.89 Å². The Kier molecular flexibility index (Phi) is 2.37. The number of phenols is 1. The number of rotatable bonds is 2. The van der Waals surface area contributed by atoms with Gasteiger partial charge in [-0.1, -0.05) is 0 Å². The molecule has 2 rings (SSSR count). The SMILES string of the molecule is O=C(Nc1ccc(O)cc1)c1ccn[nH]1. The van der Waals surface area contributed by atoms with Crippen LogP contribution in [0.1, 0.15) is 10.5 Å². The number of benzene rings is 1. The molecule has 0 bridgehead atoms. The number of aromatic amines is 1. The number of hydrogen-bond acceptors (Lipinski definition) is 3. The van der Waals surface area contributed by atoms with Crippen molar-refractivity contribution < 1.29 is 9.90 Å². The quantitative estimate of drug-likeness (QED) is 0.645. The molecule has 0 saturated heterocycles. The van der Waals surface area contributed by atoms with Crippen LogP contribution in [0.25, 0.3) is 0 Å². The second-order valence-corrected chi connectivity index (χ2v) is 2.97. The monoisotopic (exact) mass is 203 g/mol. The third-order valence-electron chi connectivity index (χ3n) is 1.87. The number of aromatic hydroxyl groups is 1. The van der Waals surface area contributed by atoms with E-state index < -0.39 is 0 Å². The minimum absolute atomic E-state index is 0.162. The summed E-state index contributed by atoms with van der Waals surface area (Å²) in [7, 11) is 0. The van der Waals surface area contributed by atoms with Crippen molar-refractivity contribution >= 4 is 11.6 Å². The molecule has 0 unspecified atom stereocenters. The summed E-state index contributed by atoms with van der Waals surface area (Å²) in [6.07, 6.45) is 1.51. The van der Waals surface area contributed by atoms with E-state index in [2.05, 4.69) is 15.5 Å². The normalized spacial score (nSPS) is 9.87. The zero-order valence-electron chi connectivity index (χ0n) is 7.77. The first-order valence-corrected chi connectivity index (χ1v) is 4.35. The number of hydrogen-bond donors (Lipinski definition) is 3. The molecule has 0 atom stereocenters. The van der Waals surface area contributed by atoms with E-state index >= 15 is 0 Å². The number of amides is 1. The summed E-state index contributed by atoms with van der Waals surface area (Å²) in [5, 5.41) is 17.9. The predicted molar refractivity (Wildman–Crippen MR) is 54.6 cm³/mol. The van der Waals surface area contributed by atoms with Crippen molar-refractivity contribution in [2.75, 3.05) is 5.32 Å². The highest BCUT2D eigenvalue weighted by Gasteiger charge is 2.06. The number of aromatic nitrogens is 2. The molecule has 0 aliphatic carbocycles. The van der Waals surface area contributed by atoms with E-state index in [0.29, 0.717) is 11.4 Å². The number of carbonyl (C=O) groups excluding carboxylic acids is 1. The van der Waals surface area contributed by atoms with Crippen molar-refractivity contribution in [1.82, 2.24) is 10.2 Å². The minimum Gasteiger partial charge on any atom is -0.508 e. The van der Waals surface area contributed by atoms with Crippen molar-refractivity contribution in [3.05, 3.63) is 42.2 Å². The van der Waals surface area contributed by atoms with Gasteiger partial charge < -0.3 is 10.4 Å². The van der Waals surface area contributed by atoms with Gasteiger partial charge in [0, 0.05) is 11.9 Å². The number of carbonyl (C=O) groups is 1. The highest BCUT2D eigenvalue weighted by molar-refractivity contribution is 6.02. The van der Waals surface area contributed by atoms with E-state index in [1.54, 1.807) is 18.2 Å². The molecule has 5 nitrogen and oxygen atoms in total. The maximum Gasteiger partial charge on any atom is 0.273 e. The topological polar surface area (TPSA) is 78.0 Å². The van der Waals surface area contributed by atoms with Crippen LogP contribution in [0.3, 0.4) is 0 Å². The summed E-state index contributed by atoms with van der Waals surface area (Å²) in [4.78, 5) is 11.5. The molecule has 0 aliphatic rings. The number of nitrogens with one attached hydrogen (secondary N) is 2. The molecule has 0 fully saturated rings. The fraction of sp³-hybridized carbons (Fsp3) is 0. The molecule has 15 heavy (non-hydrogen) atoms. The number of nitrogens with zero attached hydrogens (tertiary/aromatic N) is 1. The zero-order chi connectivity index (χ0) is 10.7. The summed E-state index contributed by atoms with van der Waals surface area (Å²) in [6, 6.07) is 7.81. The van der Waals surface area contributed by atoms with E-state index in [9.17, 15) is 4.79 Å². The Morgan fingerprint density at radius 2 is 2.00 bits per heavy atom. The summed E-state index contributed by atoms with van der Waals surface area (Å²) < 4.78 is 0. The molecule has 5 heteroatoms. The predicted octanol–water partition coefficient (Wildman–Crippen LogP) is 1.37. The molecule has 76 valence electrons. The Labute approximate surface area is 85.8 Å². The van der Waals surface area contributed by atoms with Crippen LogP contribution < -0.4 is 5.32 Å². The maximum absolute atomic E-state index is 11.5. The number of phenolic OH excluding ortho intramolecular Hbond substituents is 1. The number of anilines is 1. The second-order valence-electron chi connectivity index (χ2n) is 2.97. The van der Waals surface area contributed by atoms with Gasteiger partial charge in [0.15, 0.2) is 0 Å². The molecule has 0 aliphatic heterocycles. The molecule has 1 aromatic carbocycles. The molecular formula is C10H9N3O2. The average Bonchev–Trinajstić information content (AvgIpc) is 2.74. The van der Waals surface area contributed by atoms with Gasteiger partial charge in [0.25, 0.3) is 5.91 Å². The Balaban J connectivity index is 2.09. The zero-order valence-corrected chi connectivity index (χ0v) is 7.77. The van der Waals surface area contributed by atoms with Crippen molar-refractivity contribution in [3.8, 4) is 5.75 Å². The largest absolute Gasteiger partial charge is 0.508 e. The lowest BCUT2D eigenvalue weighted by molar-refractivity contribution is 0.102. The third-order valence-corrected chi connectivity index (χ3v) is 1.87. The molecule has 2 aromatic rings. The van der Waals surface area contributed by atoms with Gasteiger partial charge in [-0.25, -0.2) is 0 Å². The van der Waals surface area contributed by atoms with Gasteiger partial charge in [-0.05, 0) is 30.3 Å². The molecule has 3 N–H and O–H groups in total. The first-order valence-electron chi connectivity index (χ1n) is 4.35. The van der Waals surface area contributed by atoms with E-state index in [1.165, 1.54) is 18.3 Å². The van der Waals surface area contributed by atoms with Crippen LogP contribution in [0.2, 0.25) is 0 Å². The lowest BCUT2D eigenvalue weighted by Crippen LogP contribution is -2.12. The molecule has 0 saturated carbocycles. The summed E-state index contributed by atoms with van der Waals surface area (Å²) in [5.41, 5.74) is 1.01. The Morgan fingerprint density at radius 1 is 1.27 bits per heavy atom. The van der Waals surface area contributed by atoms with Gasteiger partial charge in [0.2, 0.25) is 0 Å². The van der Waals surface area contributed by atoms with Crippen LogP contribution in [-0.4, -0.2) is 21.2 Å². The fourth-order valence-corrected chi connectivity index (χ4v) is 1.13. The molecule has 1 amide bonds. The lowest BCUT2D eigenvalue weighted by Gasteiger charge is -2.02. The van der Waals surface area contributed by atoms with E-state index in [4.69, 9.17) is 5.11 Å². The van der Waals surface area contributed by atoms with Crippen molar-refractivity contribution in [1.29, 1.82) is 0 Å². The summed E-state index contributed by atoms with van der Waals surface area (Å²) in [5.74, 6) is -0.104. The van der Waals surface area contributed by atoms with E-state index in [-0.39, 0.29) is 11.7 Å². The summed E-state index contributed by atoms with van der Waals surface area (Å²) >= 11 is 0. The highest BCUT2D eigenvalue weighted by Crippen LogP contribution is 2.14. The van der Waals surface area contributed by atoms with Gasteiger partial charge in [0.05, 0.1) is 0 Å². The molecular weight excluding hydrogens is 194 g/mol. The first kappa shape index (κ1) is 9.26. The van der Waals surface area contributed by atoms with Crippen molar-refractivity contribution in [2.24, 2.45) is 0 Å². The Hall–Kier alpha value is -2.30. The summed E-state index contributed by atoms with van der Waals surface area (Å²) in [6.45, 7) is 0. The molecule has 1 heterocycles. The van der Waals surface area contributed by atoms with Crippen LogP contribution in [0.5, 0.6) is 5.75 Å². The fourth-order valence-electron chi connectivity index (χ4n) is 1.13. The Morgan fingerprint density at radius 3 is 2.60 bits per heavy atom. The van der Waals surface area contributed by atoms with E-state index in [0.717, 1.165) is 0 Å². The highest BCUT2D eigenvalue weighted by atomic mass is 16.3. The molecule has 0 radical (unpaired) electrons. The number of H-pyrrole nitrogens is 1. The minimum atomic E-state index is -0.266. The molecule has 0 spiro atoms. The van der Waals surface area contributed by atoms with Crippen LogP contribution >= 0.6 is 0 Å². The van der Waals surface area contributed by atoms with Gasteiger partial charge in [0.1, 0.15) is 11.4 Å². The van der Waals surface area contributed by atoms with Crippen molar-refractivity contribution in [3.63, 3.8) is 0 Å². The smallest absolute Gasteiger partial charge is 0.273 e. The van der Waals surface area contributed by atoms with Crippen LogP contribution in [0.4, 0.5) is 5.69 Å². The van der Waals surface area contributed by atoms with Crippen molar-refractivity contribution in [2.45, 2.75) is 0 Å². The van der Waals surface area contributed by atoms with Gasteiger partial charge in [-0.15, -0.1) is 0 Å².